The predicted molar refractivity (Wildman–Crippen MR) is 60.8 cm³/mol. The van der Waals surface area contributed by atoms with Gasteiger partial charge in [0.2, 0.25) is 5.91 Å². The van der Waals surface area contributed by atoms with Crippen molar-refractivity contribution in [2.24, 2.45) is 0 Å². The number of aliphatic carboxylic acids is 1. The molecule has 2 atom stereocenters. The summed E-state index contributed by atoms with van der Waals surface area (Å²) >= 11 is 0. The summed E-state index contributed by atoms with van der Waals surface area (Å²) in [5.41, 5.74) is 0. The van der Waals surface area contributed by atoms with Crippen molar-refractivity contribution in [2.75, 3.05) is 13.2 Å². The zero-order chi connectivity index (χ0) is 13.5. The van der Waals surface area contributed by atoms with Gasteiger partial charge in [-0.05, 0) is 6.42 Å². The van der Waals surface area contributed by atoms with Gasteiger partial charge in [0.05, 0.1) is 0 Å². The summed E-state index contributed by atoms with van der Waals surface area (Å²) in [7, 11) is 0. The highest BCUT2D eigenvalue weighted by molar-refractivity contribution is 5.83. The Labute approximate surface area is 104 Å². The van der Waals surface area contributed by atoms with Crippen molar-refractivity contribution < 1.29 is 24.6 Å². The van der Waals surface area contributed by atoms with Gasteiger partial charge in [0, 0.05) is 32.0 Å². The minimum atomic E-state index is -1.20. The van der Waals surface area contributed by atoms with Gasteiger partial charge in [-0.15, -0.1) is 0 Å². The van der Waals surface area contributed by atoms with Crippen LogP contribution >= 0.6 is 0 Å². The van der Waals surface area contributed by atoms with Crippen molar-refractivity contribution in [1.29, 1.82) is 0 Å². The first-order chi connectivity index (χ1) is 8.52. The summed E-state index contributed by atoms with van der Waals surface area (Å²) in [4.78, 5) is 33.2. The van der Waals surface area contributed by atoms with E-state index >= 15 is 0 Å². The second-order valence-corrected chi connectivity index (χ2v) is 4.06. The zero-order valence-electron chi connectivity index (χ0n) is 9.81. The van der Waals surface area contributed by atoms with Gasteiger partial charge in [-0.25, -0.2) is 9.59 Å². The van der Waals surface area contributed by atoms with Crippen LogP contribution in [-0.4, -0.2) is 53.4 Å². The fraction of sp³-hybridized carbons (Fsp3) is 0.700. The number of carbonyl (C=O) groups is 3. The van der Waals surface area contributed by atoms with Crippen molar-refractivity contribution in [3.8, 4) is 0 Å². The summed E-state index contributed by atoms with van der Waals surface area (Å²) in [6.45, 7) is 0.0146. The number of rotatable bonds is 5. The number of carboxylic acids is 1. The van der Waals surface area contributed by atoms with E-state index < -0.39 is 18.0 Å². The number of hydrogen-bond donors (Lipinski definition) is 5. The number of nitrogens with one attached hydrogen (secondary N) is 3. The maximum absolute atomic E-state index is 11.5. The van der Waals surface area contributed by atoms with Gasteiger partial charge in [-0.3, -0.25) is 4.79 Å². The van der Waals surface area contributed by atoms with Crippen LogP contribution in [0.4, 0.5) is 4.79 Å². The molecule has 8 nitrogen and oxygen atoms in total. The minimum absolute atomic E-state index is 0.0514. The second-order valence-electron chi connectivity index (χ2n) is 4.06. The highest BCUT2D eigenvalue weighted by Gasteiger charge is 2.23. The molecule has 1 aliphatic heterocycles. The lowest BCUT2D eigenvalue weighted by molar-refractivity contribution is -0.139. The van der Waals surface area contributed by atoms with Crippen LogP contribution in [-0.2, 0) is 9.59 Å². The number of hydrogen-bond acceptors (Lipinski definition) is 4. The number of piperidine rings is 1. The molecule has 1 saturated heterocycles. The van der Waals surface area contributed by atoms with E-state index in [2.05, 4.69) is 16.0 Å². The molecule has 102 valence electrons. The summed E-state index contributed by atoms with van der Waals surface area (Å²) in [5.74, 6) is -1.26. The van der Waals surface area contributed by atoms with E-state index in [1.165, 1.54) is 0 Å². The molecule has 0 aromatic heterocycles. The average Bonchev–Trinajstić information content (AvgIpc) is 2.31. The maximum atomic E-state index is 11.5. The molecule has 1 unspecified atom stereocenters. The molecule has 8 heteroatoms. The number of aliphatic hydroxyl groups is 1. The predicted octanol–water partition coefficient (Wildman–Crippen LogP) is -1.60. The quantitative estimate of drug-likeness (QED) is 0.406. The Morgan fingerprint density at radius 1 is 1.50 bits per heavy atom. The van der Waals surface area contributed by atoms with Gasteiger partial charge in [0.15, 0.2) is 0 Å². The Morgan fingerprint density at radius 2 is 2.22 bits per heavy atom. The highest BCUT2D eigenvalue weighted by atomic mass is 16.4. The van der Waals surface area contributed by atoms with Crippen LogP contribution in [0.25, 0.3) is 0 Å². The van der Waals surface area contributed by atoms with Gasteiger partial charge in [-0.2, -0.15) is 0 Å². The van der Waals surface area contributed by atoms with Crippen LogP contribution in [0, 0.1) is 0 Å². The molecule has 0 bridgehead atoms. The van der Waals surface area contributed by atoms with E-state index in [1.54, 1.807) is 0 Å². The molecule has 0 aromatic rings. The molecular formula is C10H17N3O5. The van der Waals surface area contributed by atoms with E-state index in [-0.39, 0.29) is 25.0 Å². The largest absolute Gasteiger partial charge is 0.480 e. The zero-order valence-corrected chi connectivity index (χ0v) is 9.81. The Balaban J connectivity index is 2.35. The first-order valence-electron chi connectivity index (χ1n) is 5.70. The van der Waals surface area contributed by atoms with E-state index in [0.717, 1.165) is 0 Å². The molecule has 1 fully saturated rings. The Bertz CT molecular complexity index is 323. The maximum Gasteiger partial charge on any atom is 0.326 e. The standard InChI is InChI=1S/C10H17N3O5/c14-4-3-7(9(16)17)13-10(18)12-6-1-2-8(15)11-5-6/h6-7,14H,1-5H2,(H,11,15)(H,16,17)(H2,12,13,18)/t6?,7-/m1/s1. The minimum Gasteiger partial charge on any atom is -0.480 e. The second kappa shape index (κ2) is 6.80. The highest BCUT2D eigenvalue weighted by Crippen LogP contribution is 2.02. The molecule has 0 spiro atoms. The number of aliphatic hydroxyl groups excluding tert-OH is 1. The van der Waals surface area contributed by atoms with E-state index in [0.29, 0.717) is 19.4 Å². The number of amides is 3. The van der Waals surface area contributed by atoms with Crippen LogP contribution in [0.1, 0.15) is 19.3 Å². The summed E-state index contributed by atoms with van der Waals surface area (Å²) in [6.07, 6.45) is 0.811. The smallest absolute Gasteiger partial charge is 0.326 e. The lowest BCUT2D eigenvalue weighted by Gasteiger charge is -2.24. The molecule has 1 aliphatic rings. The van der Waals surface area contributed by atoms with Crippen LogP contribution in [0.2, 0.25) is 0 Å². The van der Waals surface area contributed by atoms with Crippen LogP contribution in [0.5, 0.6) is 0 Å². The van der Waals surface area contributed by atoms with Gasteiger partial charge in [-0.1, -0.05) is 0 Å². The van der Waals surface area contributed by atoms with Crippen LogP contribution in [0.3, 0.4) is 0 Å². The molecule has 0 saturated carbocycles. The number of carboxylic acid groups (broad SMARTS) is 1. The summed E-state index contributed by atoms with van der Waals surface area (Å²) in [6, 6.07) is -1.93. The third-order valence-electron chi connectivity index (χ3n) is 2.62. The van der Waals surface area contributed by atoms with Gasteiger partial charge in [0.1, 0.15) is 6.04 Å². The van der Waals surface area contributed by atoms with Crippen molar-refractivity contribution in [1.82, 2.24) is 16.0 Å². The van der Waals surface area contributed by atoms with Crippen molar-refractivity contribution >= 4 is 17.9 Å². The summed E-state index contributed by atoms with van der Waals surface area (Å²) in [5, 5.41) is 24.9. The van der Waals surface area contributed by atoms with Gasteiger partial charge >= 0.3 is 12.0 Å². The van der Waals surface area contributed by atoms with E-state index in [4.69, 9.17) is 10.2 Å². The normalized spacial score (nSPS) is 20.7. The Morgan fingerprint density at radius 3 is 2.72 bits per heavy atom. The van der Waals surface area contributed by atoms with Gasteiger partial charge < -0.3 is 26.2 Å². The molecule has 5 N–H and O–H groups in total. The number of urea groups is 1. The molecule has 0 radical (unpaired) electrons. The Kier molecular flexibility index (Phi) is 5.37. The van der Waals surface area contributed by atoms with Crippen molar-refractivity contribution in [2.45, 2.75) is 31.3 Å². The lowest BCUT2D eigenvalue weighted by atomic mass is 10.1. The first kappa shape index (κ1) is 14.2. The average molecular weight is 259 g/mol. The Hall–Kier alpha value is -1.83. The fourth-order valence-corrected chi connectivity index (χ4v) is 1.63. The van der Waals surface area contributed by atoms with E-state index in [1.807, 2.05) is 0 Å². The topological polar surface area (TPSA) is 128 Å². The fourth-order valence-electron chi connectivity index (χ4n) is 1.63. The molecule has 3 amide bonds. The molecule has 1 rings (SSSR count). The summed E-state index contributed by atoms with van der Waals surface area (Å²) < 4.78 is 0. The first-order valence-corrected chi connectivity index (χ1v) is 5.70. The third kappa shape index (κ3) is 4.58. The van der Waals surface area contributed by atoms with Gasteiger partial charge in [0.25, 0.3) is 0 Å². The third-order valence-corrected chi connectivity index (χ3v) is 2.62. The molecule has 0 aliphatic carbocycles. The number of carbonyl (C=O) groups excluding carboxylic acids is 2. The molecule has 1 heterocycles. The van der Waals surface area contributed by atoms with E-state index in [9.17, 15) is 14.4 Å². The SMILES string of the molecule is O=C1CCC(NC(=O)N[C@H](CCO)C(=O)O)CN1. The van der Waals surface area contributed by atoms with Crippen LogP contribution in [0.15, 0.2) is 0 Å². The monoisotopic (exact) mass is 259 g/mol. The lowest BCUT2D eigenvalue weighted by Crippen LogP contribution is -2.53. The van der Waals surface area contributed by atoms with Crippen molar-refractivity contribution in [3.63, 3.8) is 0 Å². The molecule has 0 aromatic carbocycles. The van der Waals surface area contributed by atoms with Crippen LogP contribution < -0.4 is 16.0 Å². The molecule has 18 heavy (non-hydrogen) atoms. The molecular weight excluding hydrogens is 242 g/mol. The van der Waals surface area contributed by atoms with Crippen molar-refractivity contribution in [3.05, 3.63) is 0 Å².